The van der Waals surface area contributed by atoms with Gasteiger partial charge in [0, 0.05) is 11.8 Å². The van der Waals surface area contributed by atoms with Crippen LogP contribution in [-0.4, -0.2) is 20.1 Å². The minimum Gasteiger partial charge on any atom is -0.361 e. The zero-order valence-corrected chi connectivity index (χ0v) is 10.2. The van der Waals surface area contributed by atoms with Gasteiger partial charge >= 0.3 is 0 Å². The zero-order valence-electron chi connectivity index (χ0n) is 10.2. The Balaban J connectivity index is 2.05. The van der Waals surface area contributed by atoms with Crippen molar-refractivity contribution in [1.82, 2.24) is 20.1 Å². The number of hydrogen-bond acceptors (Lipinski definition) is 6. The molecule has 0 aliphatic rings. The van der Waals surface area contributed by atoms with E-state index < -0.39 is 0 Å². The molecule has 2 aromatic heterocycles. The van der Waals surface area contributed by atoms with Gasteiger partial charge in [0.25, 0.3) is 0 Å². The molecule has 90 valence electrons. The van der Waals surface area contributed by atoms with Crippen molar-refractivity contribution in [1.29, 1.82) is 0 Å². The lowest BCUT2D eigenvalue weighted by atomic mass is 10.3. The van der Waals surface area contributed by atoms with Crippen LogP contribution in [0.5, 0.6) is 0 Å². The lowest BCUT2D eigenvalue weighted by Gasteiger charge is -2.05. The summed E-state index contributed by atoms with van der Waals surface area (Å²) in [4.78, 5) is 12.7. The molecule has 0 fully saturated rings. The number of rotatable bonds is 4. The molecule has 0 amide bonds. The van der Waals surface area contributed by atoms with Crippen molar-refractivity contribution in [3.8, 4) is 0 Å². The van der Waals surface area contributed by atoms with E-state index in [4.69, 9.17) is 4.52 Å². The van der Waals surface area contributed by atoms with Crippen molar-refractivity contribution >= 4 is 5.82 Å². The molecule has 0 spiro atoms. The summed E-state index contributed by atoms with van der Waals surface area (Å²) in [5.74, 6) is 2.73. The summed E-state index contributed by atoms with van der Waals surface area (Å²) in [6.07, 6.45) is 0.887. The number of anilines is 1. The van der Waals surface area contributed by atoms with Crippen LogP contribution in [-0.2, 0) is 13.0 Å². The summed E-state index contributed by atoms with van der Waals surface area (Å²) >= 11 is 0. The molecule has 6 nitrogen and oxygen atoms in total. The van der Waals surface area contributed by atoms with E-state index in [9.17, 15) is 0 Å². The van der Waals surface area contributed by atoms with Gasteiger partial charge < -0.3 is 9.84 Å². The second-order valence-electron chi connectivity index (χ2n) is 3.73. The van der Waals surface area contributed by atoms with E-state index in [-0.39, 0.29) is 0 Å². The second kappa shape index (κ2) is 4.90. The van der Waals surface area contributed by atoms with Crippen molar-refractivity contribution < 1.29 is 4.52 Å². The molecule has 1 N–H and O–H groups in total. The van der Waals surface area contributed by atoms with Gasteiger partial charge in [0.05, 0.1) is 6.54 Å². The summed E-state index contributed by atoms with van der Waals surface area (Å²) in [7, 11) is 0. The summed E-state index contributed by atoms with van der Waals surface area (Å²) < 4.78 is 5.01. The smallest absolute Gasteiger partial charge is 0.245 e. The molecule has 6 heteroatoms. The van der Waals surface area contributed by atoms with Gasteiger partial charge in [-0.25, -0.2) is 9.97 Å². The van der Waals surface area contributed by atoms with Crippen LogP contribution in [0.1, 0.15) is 30.2 Å². The zero-order chi connectivity index (χ0) is 12.3. The Morgan fingerprint density at radius 2 is 2.00 bits per heavy atom. The summed E-state index contributed by atoms with van der Waals surface area (Å²) in [6, 6.07) is 1.93. The standard InChI is InChI=1S/C11H15N5O/c1-4-9-5-10(14-7(2)13-9)12-6-11-15-8(3)16-17-11/h5H,4,6H2,1-3H3,(H,12,13,14). The molecule has 0 saturated heterocycles. The summed E-state index contributed by atoms with van der Waals surface area (Å²) in [6.45, 7) is 6.20. The summed E-state index contributed by atoms with van der Waals surface area (Å²) in [5, 5.41) is 6.86. The third kappa shape index (κ3) is 2.99. The molecule has 17 heavy (non-hydrogen) atoms. The minimum atomic E-state index is 0.473. The van der Waals surface area contributed by atoms with E-state index in [2.05, 4.69) is 32.3 Å². The van der Waals surface area contributed by atoms with E-state index in [1.165, 1.54) is 0 Å². The first-order chi connectivity index (χ1) is 8.17. The Hall–Kier alpha value is -1.98. The first-order valence-corrected chi connectivity index (χ1v) is 5.55. The van der Waals surface area contributed by atoms with Gasteiger partial charge in [-0.3, -0.25) is 0 Å². The van der Waals surface area contributed by atoms with E-state index in [0.29, 0.717) is 18.3 Å². The molecular formula is C11H15N5O. The third-order valence-electron chi connectivity index (χ3n) is 2.24. The molecular weight excluding hydrogens is 218 g/mol. The van der Waals surface area contributed by atoms with E-state index in [1.807, 2.05) is 13.0 Å². The molecule has 0 radical (unpaired) electrons. The van der Waals surface area contributed by atoms with Crippen molar-refractivity contribution in [3.05, 3.63) is 29.3 Å². The molecule has 0 aromatic carbocycles. The number of aryl methyl sites for hydroxylation is 3. The van der Waals surface area contributed by atoms with Crippen LogP contribution >= 0.6 is 0 Å². The van der Waals surface area contributed by atoms with Crippen LogP contribution in [0.15, 0.2) is 10.6 Å². The lowest BCUT2D eigenvalue weighted by molar-refractivity contribution is 0.379. The Morgan fingerprint density at radius 1 is 1.18 bits per heavy atom. The fourth-order valence-electron chi connectivity index (χ4n) is 1.48. The Kier molecular flexibility index (Phi) is 3.32. The average Bonchev–Trinajstić information content (AvgIpc) is 2.72. The van der Waals surface area contributed by atoms with E-state index >= 15 is 0 Å². The highest BCUT2D eigenvalue weighted by atomic mass is 16.5. The van der Waals surface area contributed by atoms with Crippen LogP contribution in [0.2, 0.25) is 0 Å². The molecule has 0 saturated carbocycles. The van der Waals surface area contributed by atoms with Gasteiger partial charge in [-0.15, -0.1) is 0 Å². The summed E-state index contributed by atoms with van der Waals surface area (Å²) in [5.41, 5.74) is 1.02. The molecule has 2 rings (SSSR count). The maximum absolute atomic E-state index is 5.01. The number of nitrogens with one attached hydrogen (secondary N) is 1. The van der Waals surface area contributed by atoms with Crippen LogP contribution in [0.3, 0.4) is 0 Å². The van der Waals surface area contributed by atoms with Crippen LogP contribution < -0.4 is 5.32 Å². The molecule has 0 bridgehead atoms. The van der Waals surface area contributed by atoms with Crippen LogP contribution in [0, 0.1) is 13.8 Å². The van der Waals surface area contributed by atoms with Gasteiger partial charge in [-0.05, 0) is 20.3 Å². The molecule has 0 aliphatic carbocycles. The maximum atomic E-state index is 5.01. The predicted molar refractivity (Wildman–Crippen MR) is 62.5 cm³/mol. The number of aromatic nitrogens is 4. The quantitative estimate of drug-likeness (QED) is 0.865. The highest BCUT2D eigenvalue weighted by Gasteiger charge is 2.04. The van der Waals surface area contributed by atoms with Gasteiger partial charge in [-0.2, -0.15) is 4.98 Å². The van der Waals surface area contributed by atoms with E-state index in [0.717, 1.165) is 23.8 Å². The van der Waals surface area contributed by atoms with E-state index in [1.54, 1.807) is 6.92 Å². The van der Waals surface area contributed by atoms with Gasteiger partial charge in [-0.1, -0.05) is 12.1 Å². The first-order valence-electron chi connectivity index (χ1n) is 5.55. The SMILES string of the molecule is CCc1cc(NCc2nc(C)no2)nc(C)n1. The maximum Gasteiger partial charge on any atom is 0.245 e. The molecule has 0 atom stereocenters. The van der Waals surface area contributed by atoms with Crippen molar-refractivity contribution in [3.63, 3.8) is 0 Å². The van der Waals surface area contributed by atoms with Crippen molar-refractivity contribution in [2.45, 2.75) is 33.7 Å². The molecule has 2 aromatic rings. The second-order valence-corrected chi connectivity index (χ2v) is 3.73. The van der Waals surface area contributed by atoms with Gasteiger partial charge in [0.1, 0.15) is 11.6 Å². The topological polar surface area (TPSA) is 76.7 Å². The Morgan fingerprint density at radius 3 is 2.65 bits per heavy atom. The largest absolute Gasteiger partial charge is 0.361 e. The highest BCUT2D eigenvalue weighted by molar-refractivity contribution is 5.36. The number of nitrogens with zero attached hydrogens (tertiary/aromatic N) is 4. The van der Waals surface area contributed by atoms with Gasteiger partial charge in [0.2, 0.25) is 5.89 Å². The predicted octanol–water partition coefficient (Wildman–Crippen LogP) is 1.65. The fraction of sp³-hybridized carbons (Fsp3) is 0.455. The minimum absolute atomic E-state index is 0.473. The lowest BCUT2D eigenvalue weighted by Crippen LogP contribution is -2.05. The molecule has 0 aliphatic heterocycles. The first kappa shape index (κ1) is 11.5. The monoisotopic (exact) mass is 233 g/mol. The Labute approximate surface area is 99.5 Å². The third-order valence-corrected chi connectivity index (χ3v) is 2.24. The highest BCUT2D eigenvalue weighted by Crippen LogP contribution is 2.08. The number of hydrogen-bond donors (Lipinski definition) is 1. The fourth-order valence-corrected chi connectivity index (χ4v) is 1.48. The van der Waals surface area contributed by atoms with Crippen LogP contribution in [0.25, 0.3) is 0 Å². The van der Waals surface area contributed by atoms with Gasteiger partial charge in [0.15, 0.2) is 5.82 Å². The van der Waals surface area contributed by atoms with Crippen LogP contribution in [0.4, 0.5) is 5.82 Å². The van der Waals surface area contributed by atoms with Crippen molar-refractivity contribution in [2.24, 2.45) is 0 Å². The molecule has 0 unspecified atom stereocenters. The van der Waals surface area contributed by atoms with Crippen molar-refractivity contribution in [2.75, 3.05) is 5.32 Å². The Bertz CT molecular complexity index is 508. The normalized spacial score (nSPS) is 10.5. The average molecular weight is 233 g/mol. The molecule has 2 heterocycles.